The number of piperazine rings is 1. The van der Waals surface area contributed by atoms with Crippen LogP contribution in [0.25, 0.3) is 11.1 Å². The van der Waals surface area contributed by atoms with Crippen LogP contribution in [-0.2, 0) is 4.74 Å². The normalized spacial score (nSPS) is 25.2. The molecular weight excluding hydrogens is 402 g/mol. The summed E-state index contributed by atoms with van der Waals surface area (Å²) >= 11 is 0. The minimum atomic E-state index is -0.772. The van der Waals surface area contributed by atoms with Gasteiger partial charge in [-0.15, -0.1) is 0 Å². The number of rotatable bonds is 3. The van der Waals surface area contributed by atoms with Gasteiger partial charge >= 0.3 is 0 Å². The molecule has 0 spiro atoms. The summed E-state index contributed by atoms with van der Waals surface area (Å²) in [6.45, 7) is 9.53. The van der Waals surface area contributed by atoms with Crippen LogP contribution in [0.2, 0.25) is 0 Å². The molecule has 3 heterocycles. The molecule has 9 heteroatoms. The Labute approximate surface area is 181 Å². The average Bonchev–Trinajstić information content (AvgIpc) is 2.73. The number of aromatic nitrogens is 2. The van der Waals surface area contributed by atoms with Crippen LogP contribution in [0.4, 0.5) is 26.1 Å². The highest BCUT2D eigenvalue weighted by atomic mass is 19.1. The second kappa shape index (κ2) is 8.55. The Balaban J connectivity index is 1.61. The third-order valence-electron chi connectivity index (χ3n) is 6.16. The Morgan fingerprint density at radius 1 is 1.00 bits per heavy atom. The van der Waals surface area contributed by atoms with Crippen molar-refractivity contribution in [3.63, 3.8) is 0 Å². The van der Waals surface area contributed by atoms with E-state index in [1.54, 1.807) is 0 Å². The highest BCUT2D eigenvalue weighted by Gasteiger charge is 2.27. The van der Waals surface area contributed by atoms with Crippen molar-refractivity contribution in [1.29, 1.82) is 0 Å². The van der Waals surface area contributed by atoms with Crippen molar-refractivity contribution >= 4 is 17.3 Å². The van der Waals surface area contributed by atoms with E-state index in [9.17, 15) is 0 Å². The van der Waals surface area contributed by atoms with Crippen LogP contribution in [0.5, 0.6) is 0 Å². The number of nitrogens with two attached hydrogens (primary N) is 1. The summed E-state index contributed by atoms with van der Waals surface area (Å²) in [5.41, 5.74) is 6.53. The highest BCUT2D eigenvalue weighted by molar-refractivity contribution is 5.78. The molecule has 3 atom stereocenters. The van der Waals surface area contributed by atoms with E-state index in [-0.39, 0.29) is 35.1 Å². The zero-order chi connectivity index (χ0) is 22.3. The van der Waals surface area contributed by atoms with Gasteiger partial charge in [-0.2, -0.15) is 0 Å². The first-order valence-electron chi connectivity index (χ1n) is 10.7. The van der Waals surface area contributed by atoms with Crippen LogP contribution < -0.4 is 15.5 Å². The van der Waals surface area contributed by atoms with Gasteiger partial charge in [0, 0.05) is 62.8 Å². The number of anilines is 3. The van der Waals surface area contributed by atoms with Crippen LogP contribution in [0.1, 0.15) is 20.8 Å². The molecule has 0 radical (unpaired) electrons. The topological polar surface area (TPSA) is 70.8 Å². The molecule has 4 rings (SSSR count). The first kappa shape index (κ1) is 21.7. The molecule has 31 heavy (non-hydrogen) atoms. The molecule has 2 aromatic rings. The number of hydrogen-bond donors (Lipinski definition) is 1. The van der Waals surface area contributed by atoms with Crippen molar-refractivity contribution in [1.82, 2.24) is 14.9 Å². The summed E-state index contributed by atoms with van der Waals surface area (Å²) < 4.78 is 36.0. The molecule has 0 bridgehead atoms. The van der Waals surface area contributed by atoms with Gasteiger partial charge in [-0.05, 0) is 27.8 Å². The molecule has 7 nitrogen and oxygen atoms in total. The fourth-order valence-corrected chi connectivity index (χ4v) is 4.37. The van der Waals surface area contributed by atoms with Crippen molar-refractivity contribution in [3.05, 3.63) is 30.1 Å². The third-order valence-corrected chi connectivity index (χ3v) is 6.16. The number of ether oxygens (including phenoxy) is 1. The van der Waals surface area contributed by atoms with Gasteiger partial charge in [0.2, 0.25) is 5.95 Å². The zero-order valence-electron chi connectivity index (χ0n) is 18.5. The molecular formula is C22H30F2N6O. The molecule has 2 saturated heterocycles. The van der Waals surface area contributed by atoms with E-state index < -0.39 is 11.6 Å². The lowest BCUT2D eigenvalue weighted by atomic mass is 10.0. The predicted octanol–water partition coefficient (Wildman–Crippen LogP) is 2.76. The van der Waals surface area contributed by atoms with E-state index in [4.69, 9.17) is 10.5 Å². The lowest BCUT2D eigenvalue weighted by Gasteiger charge is -2.39. The van der Waals surface area contributed by atoms with Gasteiger partial charge in [0.05, 0.1) is 29.1 Å². The largest absolute Gasteiger partial charge is 0.395 e. The number of nitrogen functional groups attached to an aromatic ring is 1. The first-order chi connectivity index (χ1) is 14.7. The summed E-state index contributed by atoms with van der Waals surface area (Å²) in [7, 11) is 2.04. The molecule has 1 aromatic heterocycles. The van der Waals surface area contributed by atoms with Gasteiger partial charge in [0.15, 0.2) is 5.82 Å². The van der Waals surface area contributed by atoms with Crippen LogP contribution in [0.3, 0.4) is 0 Å². The lowest BCUT2D eigenvalue weighted by Crippen LogP contribution is -2.50. The quantitative estimate of drug-likeness (QED) is 0.748. The summed E-state index contributed by atoms with van der Waals surface area (Å²) in [5, 5.41) is 0. The molecule has 2 N–H and O–H groups in total. The maximum absolute atomic E-state index is 15.2. The van der Waals surface area contributed by atoms with Gasteiger partial charge in [-0.25, -0.2) is 18.7 Å². The van der Waals surface area contributed by atoms with Crippen molar-refractivity contribution < 1.29 is 13.5 Å². The van der Waals surface area contributed by atoms with Gasteiger partial charge in [0.25, 0.3) is 0 Å². The smallest absolute Gasteiger partial charge is 0.225 e. The fourth-order valence-electron chi connectivity index (χ4n) is 4.37. The molecule has 0 saturated carbocycles. The molecule has 168 valence electrons. The van der Waals surface area contributed by atoms with E-state index in [1.165, 1.54) is 18.5 Å². The summed E-state index contributed by atoms with van der Waals surface area (Å²) in [4.78, 5) is 14.9. The first-order valence-corrected chi connectivity index (χ1v) is 10.7. The number of likely N-dealkylation sites (N-methyl/N-ethyl adjacent to an activating group) is 1. The SMILES string of the molecule is C[C@@H]1CN(c2ncc(-c3c(F)cc(N4CCN(C)[C@@H](C)C4)c(N)c3F)cn2)C[C@H](C)O1. The van der Waals surface area contributed by atoms with Gasteiger partial charge in [-0.3, -0.25) is 0 Å². The second-order valence-electron chi connectivity index (χ2n) is 8.69. The van der Waals surface area contributed by atoms with Gasteiger partial charge in [0.1, 0.15) is 5.82 Å². The Morgan fingerprint density at radius 2 is 1.65 bits per heavy atom. The van der Waals surface area contributed by atoms with E-state index in [0.29, 0.717) is 37.8 Å². The minimum absolute atomic E-state index is 0.0481. The number of hydrogen-bond acceptors (Lipinski definition) is 7. The van der Waals surface area contributed by atoms with E-state index >= 15 is 8.78 Å². The molecule has 0 unspecified atom stereocenters. The fraction of sp³-hybridized carbons (Fsp3) is 0.545. The van der Waals surface area contributed by atoms with Crippen molar-refractivity contribution in [3.8, 4) is 11.1 Å². The summed E-state index contributed by atoms with van der Waals surface area (Å²) in [5.74, 6) is -0.924. The Hall–Kier alpha value is -2.52. The number of benzene rings is 1. The van der Waals surface area contributed by atoms with Gasteiger partial charge < -0.3 is 25.2 Å². The van der Waals surface area contributed by atoms with Crippen molar-refractivity contribution in [2.24, 2.45) is 0 Å². The van der Waals surface area contributed by atoms with Crippen LogP contribution in [0, 0.1) is 11.6 Å². The van der Waals surface area contributed by atoms with E-state index in [1.807, 2.05) is 30.7 Å². The van der Waals surface area contributed by atoms with Crippen LogP contribution in [-0.4, -0.2) is 72.9 Å². The molecule has 2 aliphatic heterocycles. The zero-order valence-corrected chi connectivity index (χ0v) is 18.5. The summed E-state index contributed by atoms with van der Waals surface area (Å²) in [6.07, 6.45) is 3.02. The summed E-state index contributed by atoms with van der Waals surface area (Å²) in [6, 6.07) is 1.59. The lowest BCUT2D eigenvalue weighted by molar-refractivity contribution is -0.00571. The molecule has 2 aliphatic rings. The monoisotopic (exact) mass is 432 g/mol. The van der Waals surface area contributed by atoms with Gasteiger partial charge in [-0.1, -0.05) is 0 Å². The third kappa shape index (κ3) is 4.29. The maximum atomic E-state index is 15.2. The van der Waals surface area contributed by atoms with Crippen molar-refractivity contribution in [2.45, 2.75) is 39.0 Å². The number of morpholine rings is 1. The Bertz CT molecular complexity index is 931. The van der Waals surface area contributed by atoms with E-state index in [2.05, 4.69) is 21.8 Å². The molecule has 2 fully saturated rings. The second-order valence-corrected chi connectivity index (χ2v) is 8.69. The average molecular weight is 433 g/mol. The highest BCUT2D eigenvalue weighted by Crippen LogP contribution is 2.36. The standard InChI is InChI=1S/C22H30F2N6O/c1-13-10-29(6-5-28(13)4)18-7-17(23)19(20(24)21(18)25)16-8-26-22(27-9-16)30-11-14(2)31-15(3)12-30/h7-9,13-15H,5-6,10-12,25H2,1-4H3/t13-,14-,15+/m0/s1. The molecule has 0 amide bonds. The predicted molar refractivity (Wildman–Crippen MR) is 118 cm³/mol. The molecule has 1 aromatic carbocycles. The Kier molecular flexibility index (Phi) is 5.98. The maximum Gasteiger partial charge on any atom is 0.225 e. The van der Waals surface area contributed by atoms with Crippen LogP contribution >= 0.6 is 0 Å². The number of nitrogens with zero attached hydrogens (tertiary/aromatic N) is 5. The molecule has 0 aliphatic carbocycles. The number of halogens is 2. The van der Waals surface area contributed by atoms with Crippen molar-refractivity contribution in [2.75, 3.05) is 55.3 Å². The van der Waals surface area contributed by atoms with Crippen LogP contribution in [0.15, 0.2) is 18.5 Å². The minimum Gasteiger partial charge on any atom is -0.395 e. The Morgan fingerprint density at radius 3 is 2.26 bits per heavy atom. The van der Waals surface area contributed by atoms with E-state index in [0.717, 1.165) is 6.54 Å².